The highest BCUT2D eigenvalue weighted by Gasteiger charge is 2.16. The van der Waals surface area contributed by atoms with Crippen molar-refractivity contribution in [3.8, 4) is 5.75 Å². The summed E-state index contributed by atoms with van der Waals surface area (Å²) in [5.41, 5.74) is 1.02. The fourth-order valence-corrected chi connectivity index (χ4v) is 2.32. The standard InChI is InChI=1S/C17H15BrFNO3/c1-10(21)12-4-3-5-14(8-12)20-17(22)11(2)23-16-7-6-13(19)9-15(16)18/h3-9,11H,1-2H3,(H,20,22). The maximum absolute atomic E-state index is 13.0. The Morgan fingerprint density at radius 1 is 1.22 bits per heavy atom. The van der Waals surface area contributed by atoms with Gasteiger partial charge in [-0.3, -0.25) is 9.59 Å². The summed E-state index contributed by atoms with van der Waals surface area (Å²) in [6.45, 7) is 3.04. The van der Waals surface area contributed by atoms with Gasteiger partial charge in [-0.05, 0) is 60.1 Å². The molecular formula is C17H15BrFNO3. The van der Waals surface area contributed by atoms with Crippen molar-refractivity contribution >= 4 is 33.3 Å². The van der Waals surface area contributed by atoms with Crippen molar-refractivity contribution in [1.82, 2.24) is 0 Å². The summed E-state index contributed by atoms with van der Waals surface area (Å²) in [7, 11) is 0. The minimum atomic E-state index is -0.794. The highest BCUT2D eigenvalue weighted by Crippen LogP contribution is 2.26. The molecule has 0 saturated carbocycles. The summed E-state index contributed by atoms with van der Waals surface area (Å²) in [6.07, 6.45) is -0.794. The van der Waals surface area contributed by atoms with Gasteiger partial charge in [-0.2, -0.15) is 0 Å². The van der Waals surface area contributed by atoms with Crippen LogP contribution in [0.2, 0.25) is 0 Å². The Morgan fingerprint density at radius 2 is 1.96 bits per heavy atom. The lowest BCUT2D eigenvalue weighted by Gasteiger charge is -2.16. The van der Waals surface area contributed by atoms with E-state index in [4.69, 9.17) is 4.74 Å². The molecule has 0 radical (unpaired) electrons. The maximum Gasteiger partial charge on any atom is 0.265 e. The second-order valence-electron chi connectivity index (χ2n) is 4.96. The van der Waals surface area contributed by atoms with Gasteiger partial charge in [0.05, 0.1) is 4.47 Å². The molecule has 0 heterocycles. The molecule has 0 aromatic heterocycles. The molecule has 23 heavy (non-hydrogen) atoms. The van der Waals surface area contributed by atoms with Gasteiger partial charge >= 0.3 is 0 Å². The predicted molar refractivity (Wildman–Crippen MR) is 89.3 cm³/mol. The van der Waals surface area contributed by atoms with E-state index in [1.165, 1.54) is 25.1 Å². The Hall–Kier alpha value is -2.21. The number of hydrogen-bond acceptors (Lipinski definition) is 3. The zero-order chi connectivity index (χ0) is 17.0. The normalized spacial score (nSPS) is 11.7. The van der Waals surface area contributed by atoms with E-state index < -0.39 is 11.9 Å². The first-order chi connectivity index (χ1) is 10.9. The number of carbonyl (C=O) groups excluding carboxylic acids is 2. The van der Waals surface area contributed by atoms with Crippen LogP contribution in [0.25, 0.3) is 0 Å². The number of rotatable bonds is 5. The summed E-state index contributed by atoms with van der Waals surface area (Å²) in [5.74, 6) is -0.489. The molecule has 4 nitrogen and oxygen atoms in total. The van der Waals surface area contributed by atoms with Gasteiger partial charge in [0.25, 0.3) is 5.91 Å². The Bertz CT molecular complexity index is 748. The van der Waals surface area contributed by atoms with E-state index >= 15 is 0 Å². The van der Waals surface area contributed by atoms with E-state index in [2.05, 4.69) is 21.2 Å². The molecule has 0 fully saturated rings. The number of nitrogens with one attached hydrogen (secondary N) is 1. The number of benzene rings is 2. The van der Waals surface area contributed by atoms with Crippen molar-refractivity contribution in [2.75, 3.05) is 5.32 Å². The Morgan fingerprint density at radius 3 is 2.61 bits per heavy atom. The van der Waals surface area contributed by atoms with Crippen LogP contribution in [0, 0.1) is 5.82 Å². The molecule has 1 amide bonds. The van der Waals surface area contributed by atoms with Gasteiger partial charge in [0.2, 0.25) is 0 Å². The predicted octanol–water partition coefficient (Wildman–Crippen LogP) is 4.20. The van der Waals surface area contributed by atoms with Gasteiger partial charge in [-0.15, -0.1) is 0 Å². The third-order valence-electron chi connectivity index (χ3n) is 3.10. The number of ether oxygens (including phenoxy) is 1. The highest BCUT2D eigenvalue weighted by atomic mass is 79.9. The van der Waals surface area contributed by atoms with E-state index in [-0.39, 0.29) is 11.7 Å². The Labute approximate surface area is 141 Å². The molecule has 0 saturated heterocycles. The molecule has 0 aliphatic heterocycles. The van der Waals surface area contributed by atoms with Crippen molar-refractivity contribution in [2.24, 2.45) is 0 Å². The van der Waals surface area contributed by atoms with Crippen molar-refractivity contribution < 1.29 is 18.7 Å². The van der Waals surface area contributed by atoms with Crippen LogP contribution in [0.4, 0.5) is 10.1 Å². The van der Waals surface area contributed by atoms with Crippen LogP contribution >= 0.6 is 15.9 Å². The molecule has 0 aliphatic carbocycles. The number of anilines is 1. The second-order valence-corrected chi connectivity index (χ2v) is 5.82. The first kappa shape index (κ1) is 17.1. The van der Waals surface area contributed by atoms with Crippen LogP contribution < -0.4 is 10.1 Å². The first-order valence-electron chi connectivity index (χ1n) is 6.90. The second kappa shape index (κ2) is 7.37. The first-order valence-corrected chi connectivity index (χ1v) is 7.69. The third-order valence-corrected chi connectivity index (χ3v) is 3.72. The lowest BCUT2D eigenvalue weighted by Crippen LogP contribution is -2.30. The minimum Gasteiger partial charge on any atom is -0.480 e. The van der Waals surface area contributed by atoms with E-state index in [0.29, 0.717) is 21.5 Å². The molecular weight excluding hydrogens is 365 g/mol. The van der Waals surface area contributed by atoms with Crippen LogP contribution in [0.15, 0.2) is 46.9 Å². The molecule has 2 aromatic carbocycles. The molecule has 1 N–H and O–H groups in total. The summed E-state index contributed by atoms with van der Waals surface area (Å²) >= 11 is 3.18. The van der Waals surface area contributed by atoms with Gasteiger partial charge in [0, 0.05) is 11.3 Å². The fraction of sp³-hybridized carbons (Fsp3) is 0.176. The number of hydrogen-bond donors (Lipinski definition) is 1. The van der Waals surface area contributed by atoms with Crippen LogP contribution in [-0.4, -0.2) is 17.8 Å². The Kier molecular flexibility index (Phi) is 5.50. The summed E-state index contributed by atoms with van der Waals surface area (Å²) in [6, 6.07) is 10.6. The third kappa shape index (κ3) is 4.63. The largest absolute Gasteiger partial charge is 0.480 e. The lowest BCUT2D eigenvalue weighted by atomic mass is 10.1. The number of amides is 1. The molecule has 120 valence electrons. The van der Waals surface area contributed by atoms with Gasteiger partial charge < -0.3 is 10.1 Å². The van der Waals surface area contributed by atoms with E-state index in [1.807, 2.05) is 0 Å². The number of halogens is 2. The van der Waals surface area contributed by atoms with Crippen molar-refractivity contribution in [1.29, 1.82) is 0 Å². The van der Waals surface area contributed by atoms with Gasteiger partial charge in [0.1, 0.15) is 11.6 Å². The molecule has 0 aliphatic rings. The Balaban J connectivity index is 2.05. The zero-order valence-corrected chi connectivity index (χ0v) is 14.2. The summed E-state index contributed by atoms with van der Waals surface area (Å²) in [4.78, 5) is 23.5. The van der Waals surface area contributed by atoms with Gasteiger partial charge in [0.15, 0.2) is 11.9 Å². The van der Waals surface area contributed by atoms with Crippen LogP contribution in [-0.2, 0) is 4.79 Å². The molecule has 1 atom stereocenters. The molecule has 6 heteroatoms. The smallest absolute Gasteiger partial charge is 0.265 e. The average Bonchev–Trinajstić information content (AvgIpc) is 2.50. The van der Waals surface area contributed by atoms with E-state index in [1.54, 1.807) is 31.2 Å². The van der Waals surface area contributed by atoms with Crippen molar-refractivity contribution in [3.63, 3.8) is 0 Å². The quantitative estimate of drug-likeness (QED) is 0.792. The van der Waals surface area contributed by atoms with Gasteiger partial charge in [-0.25, -0.2) is 4.39 Å². The number of carbonyl (C=O) groups is 2. The lowest BCUT2D eigenvalue weighted by molar-refractivity contribution is -0.122. The monoisotopic (exact) mass is 379 g/mol. The van der Waals surface area contributed by atoms with E-state index in [0.717, 1.165) is 0 Å². The van der Waals surface area contributed by atoms with Crippen molar-refractivity contribution in [3.05, 3.63) is 58.3 Å². The number of ketones is 1. The fourth-order valence-electron chi connectivity index (χ4n) is 1.87. The topological polar surface area (TPSA) is 55.4 Å². The molecule has 0 spiro atoms. The summed E-state index contributed by atoms with van der Waals surface area (Å²) < 4.78 is 19.0. The average molecular weight is 380 g/mol. The number of Topliss-reactive ketones (excluding diaryl/α,β-unsaturated/α-hetero) is 1. The maximum atomic E-state index is 13.0. The highest BCUT2D eigenvalue weighted by molar-refractivity contribution is 9.10. The molecule has 1 unspecified atom stereocenters. The van der Waals surface area contributed by atoms with Gasteiger partial charge in [-0.1, -0.05) is 12.1 Å². The SMILES string of the molecule is CC(=O)c1cccc(NC(=O)C(C)Oc2ccc(F)cc2Br)c1. The van der Waals surface area contributed by atoms with Crippen LogP contribution in [0.1, 0.15) is 24.2 Å². The minimum absolute atomic E-state index is 0.0827. The zero-order valence-electron chi connectivity index (χ0n) is 12.6. The van der Waals surface area contributed by atoms with E-state index in [9.17, 15) is 14.0 Å². The van der Waals surface area contributed by atoms with Crippen LogP contribution in [0.5, 0.6) is 5.75 Å². The molecule has 0 bridgehead atoms. The molecule has 2 rings (SSSR count). The molecule has 2 aromatic rings. The van der Waals surface area contributed by atoms with Crippen LogP contribution in [0.3, 0.4) is 0 Å². The summed E-state index contributed by atoms with van der Waals surface area (Å²) in [5, 5.41) is 2.68. The van der Waals surface area contributed by atoms with Crippen molar-refractivity contribution in [2.45, 2.75) is 20.0 Å².